The Bertz CT molecular complexity index is 510. The maximum atomic E-state index is 11.6. The van der Waals surface area contributed by atoms with Crippen molar-refractivity contribution in [2.45, 2.75) is 45.6 Å². The maximum absolute atomic E-state index is 11.6. The van der Waals surface area contributed by atoms with E-state index >= 15 is 0 Å². The molecule has 1 aromatic rings. The van der Waals surface area contributed by atoms with Gasteiger partial charge < -0.3 is 0 Å². The fourth-order valence-corrected chi connectivity index (χ4v) is 2.39. The first-order valence-electron chi connectivity index (χ1n) is 5.33. The highest BCUT2D eigenvalue weighted by Crippen LogP contribution is 2.43. The van der Waals surface area contributed by atoms with Crippen molar-refractivity contribution in [1.29, 1.82) is 0 Å². The Kier molecular flexibility index (Phi) is 2.10. The van der Waals surface area contributed by atoms with Gasteiger partial charge in [-0.15, -0.1) is 0 Å². The Morgan fingerprint density at radius 1 is 1.20 bits per heavy atom. The van der Waals surface area contributed by atoms with Gasteiger partial charge in [-0.3, -0.25) is 14.3 Å². The predicted molar refractivity (Wildman–Crippen MR) is 58.5 cm³/mol. The molecule has 1 heterocycles. The highest BCUT2D eigenvalue weighted by Gasteiger charge is 2.37. The first-order chi connectivity index (χ1) is 6.95. The third kappa shape index (κ3) is 1.20. The van der Waals surface area contributed by atoms with Crippen molar-refractivity contribution in [3.05, 3.63) is 32.1 Å². The van der Waals surface area contributed by atoms with Crippen molar-refractivity contribution in [3.8, 4) is 0 Å². The largest absolute Gasteiger partial charge is 0.328 e. The van der Waals surface area contributed by atoms with Gasteiger partial charge in [0.05, 0.1) is 0 Å². The van der Waals surface area contributed by atoms with Gasteiger partial charge in [0.25, 0.3) is 5.56 Å². The van der Waals surface area contributed by atoms with Crippen molar-refractivity contribution >= 4 is 0 Å². The molecule has 1 aromatic heterocycles. The molecule has 15 heavy (non-hydrogen) atoms. The van der Waals surface area contributed by atoms with Gasteiger partial charge in [-0.05, 0) is 19.8 Å². The number of aromatic amines is 1. The van der Waals surface area contributed by atoms with E-state index in [1.165, 1.54) is 0 Å². The van der Waals surface area contributed by atoms with Crippen LogP contribution in [0.4, 0.5) is 0 Å². The van der Waals surface area contributed by atoms with Crippen LogP contribution in [-0.2, 0) is 0 Å². The average Bonchev–Trinajstić information content (AvgIpc) is 2.15. The van der Waals surface area contributed by atoms with Gasteiger partial charge in [-0.25, -0.2) is 4.79 Å². The molecule has 1 aliphatic rings. The van der Waals surface area contributed by atoms with Gasteiger partial charge in [-0.2, -0.15) is 0 Å². The average molecular weight is 208 g/mol. The lowest BCUT2D eigenvalue weighted by molar-refractivity contribution is 0.421. The van der Waals surface area contributed by atoms with E-state index in [2.05, 4.69) is 11.9 Å². The van der Waals surface area contributed by atoms with E-state index in [0.29, 0.717) is 5.92 Å². The number of rotatable bonds is 1. The lowest BCUT2D eigenvalue weighted by Gasteiger charge is -2.36. The van der Waals surface area contributed by atoms with Crippen LogP contribution in [0.3, 0.4) is 0 Å². The zero-order valence-electron chi connectivity index (χ0n) is 9.50. The topological polar surface area (TPSA) is 54.9 Å². The van der Waals surface area contributed by atoms with Crippen LogP contribution in [-0.4, -0.2) is 9.55 Å². The fraction of sp³-hybridized carbons (Fsp3) is 0.636. The molecule has 0 saturated heterocycles. The Labute approximate surface area is 88.0 Å². The molecule has 0 bridgehead atoms. The first kappa shape index (κ1) is 10.2. The number of nitrogens with zero attached hydrogens (tertiary/aromatic N) is 1. The second-order valence-corrected chi connectivity index (χ2v) is 4.60. The molecule has 0 aliphatic heterocycles. The molecule has 0 radical (unpaired) electrons. The Balaban J connectivity index is 2.80. The molecule has 2 atom stereocenters. The minimum absolute atomic E-state index is 0.0954. The number of nitrogens with one attached hydrogen (secondary N) is 1. The molecule has 1 N–H and O–H groups in total. The SMILES string of the molecule is CC1c2c(n(C(C)C)c(=O)[nH]c2=O)C1C. The summed E-state index contributed by atoms with van der Waals surface area (Å²) >= 11 is 0. The summed E-state index contributed by atoms with van der Waals surface area (Å²) in [5, 5.41) is 0. The van der Waals surface area contributed by atoms with Crippen LogP contribution < -0.4 is 11.2 Å². The Hall–Kier alpha value is -1.32. The van der Waals surface area contributed by atoms with E-state index in [1.807, 2.05) is 20.8 Å². The summed E-state index contributed by atoms with van der Waals surface area (Å²) in [6.45, 7) is 7.99. The smallest absolute Gasteiger partial charge is 0.295 e. The molecule has 0 aromatic carbocycles. The molecular formula is C11H16N2O2. The molecule has 4 heteroatoms. The molecule has 4 nitrogen and oxygen atoms in total. The second-order valence-electron chi connectivity index (χ2n) is 4.60. The highest BCUT2D eigenvalue weighted by molar-refractivity contribution is 5.37. The number of H-pyrrole nitrogens is 1. The number of hydrogen-bond donors (Lipinski definition) is 1. The number of aromatic nitrogens is 2. The van der Waals surface area contributed by atoms with Crippen molar-refractivity contribution in [3.63, 3.8) is 0 Å². The minimum atomic E-state index is -0.285. The fourth-order valence-electron chi connectivity index (χ4n) is 2.39. The minimum Gasteiger partial charge on any atom is -0.295 e. The molecule has 2 unspecified atom stereocenters. The number of hydrogen-bond acceptors (Lipinski definition) is 2. The lowest BCUT2D eigenvalue weighted by atomic mass is 9.73. The van der Waals surface area contributed by atoms with Crippen molar-refractivity contribution in [1.82, 2.24) is 9.55 Å². The standard InChI is InChI=1S/C11H16N2O2/c1-5(2)13-9-7(4)6(3)8(9)10(14)12-11(13)15/h5-7H,1-4H3,(H,12,14,15). The van der Waals surface area contributed by atoms with Gasteiger partial charge in [0.1, 0.15) is 0 Å². The Morgan fingerprint density at radius 2 is 1.80 bits per heavy atom. The third-order valence-electron chi connectivity index (χ3n) is 3.37. The first-order valence-corrected chi connectivity index (χ1v) is 5.33. The summed E-state index contributed by atoms with van der Waals surface area (Å²) in [4.78, 5) is 25.6. The van der Waals surface area contributed by atoms with Crippen LogP contribution in [0.2, 0.25) is 0 Å². The monoisotopic (exact) mass is 208 g/mol. The zero-order chi connectivity index (χ0) is 11.3. The molecule has 0 amide bonds. The van der Waals surface area contributed by atoms with Gasteiger partial charge in [-0.1, -0.05) is 13.8 Å². The summed E-state index contributed by atoms with van der Waals surface area (Å²) in [7, 11) is 0. The van der Waals surface area contributed by atoms with Gasteiger partial charge in [0, 0.05) is 23.2 Å². The third-order valence-corrected chi connectivity index (χ3v) is 3.37. The molecule has 1 aliphatic carbocycles. The summed E-state index contributed by atoms with van der Waals surface area (Å²) in [5.41, 5.74) is 1.21. The Morgan fingerprint density at radius 3 is 2.33 bits per heavy atom. The summed E-state index contributed by atoms with van der Waals surface area (Å²) in [6, 6.07) is 0.0954. The number of fused-ring (bicyclic) bond motifs is 1. The van der Waals surface area contributed by atoms with Gasteiger partial charge in [0.15, 0.2) is 0 Å². The predicted octanol–water partition coefficient (Wildman–Crippen LogP) is 1.34. The van der Waals surface area contributed by atoms with E-state index in [1.54, 1.807) is 4.57 Å². The second kappa shape index (κ2) is 3.08. The molecule has 0 fully saturated rings. The van der Waals surface area contributed by atoms with Crippen molar-refractivity contribution < 1.29 is 0 Å². The van der Waals surface area contributed by atoms with E-state index < -0.39 is 0 Å². The van der Waals surface area contributed by atoms with E-state index in [0.717, 1.165) is 11.3 Å². The highest BCUT2D eigenvalue weighted by atomic mass is 16.2. The quantitative estimate of drug-likeness (QED) is 0.757. The van der Waals surface area contributed by atoms with Crippen LogP contribution >= 0.6 is 0 Å². The lowest BCUT2D eigenvalue weighted by Crippen LogP contribution is -2.43. The van der Waals surface area contributed by atoms with Crippen LogP contribution in [0.1, 0.15) is 56.8 Å². The summed E-state index contributed by atoms with van der Waals surface area (Å²) in [6.07, 6.45) is 0. The van der Waals surface area contributed by atoms with Crippen LogP contribution in [0.25, 0.3) is 0 Å². The van der Waals surface area contributed by atoms with Gasteiger partial charge >= 0.3 is 5.69 Å². The van der Waals surface area contributed by atoms with Crippen LogP contribution in [0.15, 0.2) is 9.59 Å². The van der Waals surface area contributed by atoms with Crippen LogP contribution in [0, 0.1) is 0 Å². The van der Waals surface area contributed by atoms with Crippen LogP contribution in [0.5, 0.6) is 0 Å². The van der Waals surface area contributed by atoms with Crippen molar-refractivity contribution in [2.75, 3.05) is 0 Å². The van der Waals surface area contributed by atoms with E-state index in [4.69, 9.17) is 0 Å². The normalized spacial score (nSPS) is 23.8. The maximum Gasteiger partial charge on any atom is 0.328 e. The molecule has 0 spiro atoms. The van der Waals surface area contributed by atoms with E-state index in [9.17, 15) is 9.59 Å². The van der Waals surface area contributed by atoms with Crippen molar-refractivity contribution in [2.24, 2.45) is 0 Å². The molecule has 82 valence electrons. The molecule has 0 saturated carbocycles. The van der Waals surface area contributed by atoms with Gasteiger partial charge in [0.2, 0.25) is 0 Å². The molecule has 2 rings (SSSR count). The summed E-state index contributed by atoms with van der Waals surface area (Å²) in [5.74, 6) is 0.562. The zero-order valence-corrected chi connectivity index (χ0v) is 9.50. The molecular weight excluding hydrogens is 192 g/mol. The summed E-state index contributed by atoms with van der Waals surface area (Å²) < 4.78 is 1.70. The van der Waals surface area contributed by atoms with E-state index in [-0.39, 0.29) is 23.2 Å².